The summed E-state index contributed by atoms with van der Waals surface area (Å²) in [6, 6.07) is 9.83. The van der Waals surface area contributed by atoms with E-state index in [4.69, 9.17) is 0 Å². The molecule has 0 amide bonds. The fourth-order valence-electron chi connectivity index (χ4n) is 1.84. The second kappa shape index (κ2) is 5.43. The first-order valence-electron chi connectivity index (χ1n) is 5.50. The fraction of sp³-hybridized carbons (Fsp3) is 0.214. The molecule has 0 bridgehead atoms. The summed E-state index contributed by atoms with van der Waals surface area (Å²) in [5, 5.41) is 10.2. The lowest BCUT2D eigenvalue weighted by Gasteiger charge is -2.14. The van der Waals surface area contributed by atoms with E-state index in [0.717, 1.165) is 21.2 Å². The average molecular weight is 292 g/mol. The predicted octanol–water partition coefficient (Wildman–Crippen LogP) is 3.43. The number of aliphatic hydroxyl groups excluding tert-OH is 1. The minimum Gasteiger partial charge on any atom is -0.388 e. The molecule has 2 rings (SSSR count). The maximum absolute atomic E-state index is 10.2. The van der Waals surface area contributed by atoms with Crippen molar-refractivity contribution in [3.63, 3.8) is 0 Å². The molecule has 0 radical (unpaired) electrons. The molecule has 1 atom stereocenters. The molecule has 0 aliphatic carbocycles. The van der Waals surface area contributed by atoms with Gasteiger partial charge in [0.15, 0.2) is 0 Å². The van der Waals surface area contributed by atoms with Gasteiger partial charge in [0.25, 0.3) is 0 Å². The Morgan fingerprint density at radius 3 is 2.76 bits per heavy atom. The quantitative estimate of drug-likeness (QED) is 0.940. The summed E-state index contributed by atoms with van der Waals surface area (Å²) in [6.07, 6.45) is 3.60. The number of nitrogens with zero attached hydrogens (tertiary/aromatic N) is 1. The number of aliphatic hydroxyl groups is 1. The van der Waals surface area contributed by atoms with Crippen LogP contribution in [0.4, 0.5) is 0 Å². The van der Waals surface area contributed by atoms with Crippen LogP contribution in [0.15, 0.2) is 47.2 Å². The van der Waals surface area contributed by atoms with Gasteiger partial charge in [0.05, 0.1) is 6.10 Å². The number of hydrogen-bond acceptors (Lipinski definition) is 2. The molecule has 0 saturated carbocycles. The molecule has 88 valence electrons. The van der Waals surface area contributed by atoms with Crippen LogP contribution in [0.3, 0.4) is 0 Å². The summed E-state index contributed by atoms with van der Waals surface area (Å²) in [5.41, 5.74) is 3.07. The maximum Gasteiger partial charge on any atom is 0.0834 e. The van der Waals surface area contributed by atoms with E-state index in [9.17, 15) is 5.11 Å². The Labute approximate surface area is 109 Å². The van der Waals surface area contributed by atoms with Crippen LogP contribution in [0.25, 0.3) is 0 Å². The monoisotopic (exact) mass is 291 g/mol. The normalized spacial score (nSPS) is 12.4. The van der Waals surface area contributed by atoms with E-state index in [-0.39, 0.29) is 0 Å². The summed E-state index contributed by atoms with van der Waals surface area (Å²) in [5.74, 6) is 0. The third kappa shape index (κ3) is 2.93. The molecule has 2 aromatic rings. The second-order valence-electron chi connectivity index (χ2n) is 4.04. The fourth-order valence-corrected chi connectivity index (χ4v) is 2.29. The first-order valence-corrected chi connectivity index (χ1v) is 6.30. The lowest BCUT2D eigenvalue weighted by Crippen LogP contribution is -2.04. The van der Waals surface area contributed by atoms with Crippen LogP contribution in [0.2, 0.25) is 0 Å². The lowest BCUT2D eigenvalue weighted by molar-refractivity contribution is 0.177. The molecule has 1 aromatic heterocycles. The smallest absolute Gasteiger partial charge is 0.0834 e. The zero-order chi connectivity index (χ0) is 12.3. The number of aromatic nitrogens is 1. The average Bonchev–Trinajstić information content (AvgIpc) is 2.32. The third-order valence-corrected chi connectivity index (χ3v) is 3.57. The van der Waals surface area contributed by atoms with E-state index in [2.05, 4.69) is 20.9 Å². The molecule has 1 aromatic carbocycles. The standard InChI is InChI=1S/C14H14BrNO/c1-10-9-16-7-6-12(10)14(17)8-11-4-2-3-5-13(11)15/h2-7,9,14,17H,8H2,1H3. The van der Waals surface area contributed by atoms with E-state index >= 15 is 0 Å². The van der Waals surface area contributed by atoms with Crippen molar-refractivity contribution >= 4 is 15.9 Å². The minimum absolute atomic E-state index is 0.489. The van der Waals surface area contributed by atoms with Crippen LogP contribution >= 0.6 is 15.9 Å². The van der Waals surface area contributed by atoms with Crippen LogP contribution < -0.4 is 0 Å². The van der Waals surface area contributed by atoms with Gasteiger partial charge in [0, 0.05) is 23.3 Å². The van der Waals surface area contributed by atoms with Crippen molar-refractivity contribution in [3.8, 4) is 0 Å². The van der Waals surface area contributed by atoms with E-state index in [1.54, 1.807) is 12.4 Å². The lowest BCUT2D eigenvalue weighted by atomic mass is 9.99. The van der Waals surface area contributed by atoms with Gasteiger partial charge in [-0.05, 0) is 35.7 Å². The van der Waals surface area contributed by atoms with Gasteiger partial charge in [0.1, 0.15) is 0 Å². The third-order valence-electron chi connectivity index (χ3n) is 2.79. The van der Waals surface area contributed by atoms with Crippen LogP contribution in [0, 0.1) is 6.92 Å². The number of halogens is 1. The Hall–Kier alpha value is -1.19. The molecule has 0 spiro atoms. The molecule has 1 heterocycles. The predicted molar refractivity (Wildman–Crippen MR) is 71.8 cm³/mol. The summed E-state index contributed by atoms with van der Waals surface area (Å²) in [6.45, 7) is 1.96. The van der Waals surface area contributed by atoms with Crippen molar-refractivity contribution in [2.45, 2.75) is 19.4 Å². The first-order chi connectivity index (χ1) is 8.18. The molecule has 0 saturated heterocycles. The van der Waals surface area contributed by atoms with Gasteiger partial charge >= 0.3 is 0 Å². The molecular formula is C14H14BrNO. The Kier molecular flexibility index (Phi) is 3.92. The first kappa shape index (κ1) is 12.3. The van der Waals surface area contributed by atoms with Gasteiger partial charge in [-0.2, -0.15) is 0 Å². The van der Waals surface area contributed by atoms with Crippen molar-refractivity contribution in [1.82, 2.24) is 4.98 Å². The molecule has 0 aliphatic rings. The molecule has 17 heavy (non-hydrogen) atoms. The Bertz CT molecular complexity index is 513. The summed E-state index contributed by atoms with van der Waals surface area (Å²) < 4.78 is 1.03. The molecule has 1 unspecified atom stereocenters. The van der Waals surface area contributed by atoms with Gasteiger partial charge in [-0.25, -0.2) is 0 Å². The highest BCUT2D eigenvalue weighted by Crippen LogP contribution is 2.24. The summed E-state index contributed by atoms with van der Waals surface area (Å²) in [4.78, 5) is 4.03. The van der Waals surface area contributed by atoms with Gasteiger partial charge in [0.2, 0.25) is 0 Å². The van der Waals surface area contributed by atoms with E-state index in [0.29, 0.717) is 6.42 Å². The van der Waals surface area contributed by atoms with Gasteiger partial charge in [-0.15, -0.1) is 0 Å². The minimum atomic E-state index is -0.489. The zero-order valence-electron chi connectivity index (χ0n) is 9.60. The number of hydrogen-bond donors (Lipinski definition) is 1. The van der Waals surface area contributed by atoms with Crippen molar-refractivity contribution in [1.29, 1.82) is 0 Å². The highest BCUT2D eigenvalue weighted by Gasteiger charge is 2.12. The van der Waals surface area contributed by atoms with Gasteiger partial charge in [-0.3, -0.25) is 4.98 Å². The Balaban J connectivity index is 2.20. The van der Waals surface area contributed by atoms with Crippen LogP contribution in [0.1, 0.15) is 22.8 Å². The zero-order valence-corrected chi connectivity index (χ0v) is 11.2. The SMILES string of the molecule is Cc1cnccc1C(O)Cc1ccccc1Br. The van der Waals surface area contributed by atoms with Gasteiger partial charge < -0.3 is 5.11 Å². The summed E-state index contributed by atoms with van der Waals surface area (Å²) >= 11 is 3.49. The number of aryl methyl sites for hydroxylation is 1. The topological polar surface area (TPSA) is 33.1 Å². The van der Waals surface area contributed by atoms with Crippen molar-refractivity contribution in [3.05, 3.63) is 63.9 Å². The van der Waals surface area contributed by atoms with Crippen LogP contribution in [-0.4, -0.2) is 10.1 Å². The van der Waals surface area contributed by atoms with Crippen molar-refractivity contribution in [2.75, 3.05) is 0 Å². The highest BCUT2D eigenvalue weighted by atomic mass is 79.9. The molecule has 2 nitrogen and oxygen atoms in total. The molecule has 0 fully saturated rings. The van der Waals surface area contributed by atoms with Crippen molar-refractivity contribution < 1.29 is 5.11 Å². The second-order valence-corrected chi connectivity index (χ2v) is 4.90. The molecule has 0 aliphatic heterocycles. The van der Waals surface area contributed by atoms with Crippen LogP contribution in [-0.2, 0) is 6.42 Å². The van der Waals surface area contributed by atoms with E-state index in [1.165, 1.54) is 0 Å². The highest BCUT2D eigenvalue weighted by molar-refractivity contribution is 9.10. The van der Waals surface area contributed by atoms with E-state index in [1.807, 2.05) is 37.3 Å². The summed E-state index contributed by atoms with van der Waals surface area (Å²) in [7, 11) is 0. The van der Waals surface area contributed by atoms with Gasteiger partial charge in [-0.1, -0.05) is 34.1 Å². The Morgan fingerprint density at radius 1 is 1.29 bits per heavy atom. The maximum atomic E-state index is 10.2. The van der Waals surface area contributed by atoms with E-state index < -0.39 is 6.10 Å². The largest absolute Gasteiger partial charge is 0.388 e. The molecule has 1 N–H and O–H groups in total. The number of rotatable bonds is 3. The number of pyridine rings is 1. The molecular weight excluding hydrogens is 278 g/mol. The Morgan fingerprint density at radius 2 is 2.06 bits per heavy atom. The molecule has 3 heteroatoms. The van der Waals surface area contributed by atoms with Crippen LogP contribution in [0.5, 0.6) is 0 Å². The number of benzene rings is 1. The van der Waals surface area contributed by atoms with Crippen molar-refractivity contribution in [2.24, 2.45) is 0 Å².